The zero-order valence-electron chi connectivity index (χ0n) is 11.8. The van der Waals surface area contributed by atoms with Gasteiger partial charge < -0.3 is 14.5 Å². The summed E-state index contributed by atoms with van der Waals surface area (Å²) < 4.78 is 12.4. The maximum absolute atomic E-state index is 5.36. The molecular formula is C14H13N5O2. The van der Waals surface area contributed by atoms with Gasteiger partial charge in [0.05, 0.1) is 31.4 Å². The molecule has 106 valence electrons. The van der Waals surface area contributed by atoms with Crippen molar-refractivity contribution in [3.05, 3.63) is 24.2 Å². The molecule has 0 radical (unpaired) electrons. The molecule has 4 rings (SSSR count). The summed E-state index contributed by atoms with van der Waals surface area (Å²) in [4.78, 5) is 3.36. The van der Waals surface area contributed by atoms with Gasteiger partial charge in [-0.1, -0.05) is 0 Å². The molecular weight excluding hydrogens is 270 g/mol. The number of aromatic nitrogens is 5. The van der Waals surface area contributed by atoms with Crippen molar-refractivity contribution in [3.8, 4) is 11.5 Å². The van der Waals surface area contributed by atoms with Gasteiger partial charge in [-0.25, -0.2) is 0 Å². The number of benzene rings is 1. The summed E-state index contributed by atoms with van der Waals surface area (Å²) >= 11 is 0. The highest BCUT2D eigenvalue weighted by atomic mass is 16.5. The van der Waals surface area contributed by atoms with Gasteiger partial charge in [-0.3, -0.25) is 0 Å². The quantitative estimate of drug-likeness (QED) is 0.609. The fourth-order valence-corrected chi connectivity index (χ4v) is 2.62. The van der Waals surface area contributed by atoms with Crippen molar-refractivity contribution < 1.29 is 9.47 Å². The van der Waals surface area contributed by atoms with Crippen molar-refractivity contribution >= 4 is 27.5 Å². The molecule has 0 aliphatic heterocycles. The average molecular weight is 283 g/mol. The highest BCUT2D eigenvalue weighted by Crippen LogP contribution is 2.36. The zero-order valence-corrected chi connectivity index (χ0v) is 11.8. The third kappa shape index (κ3) is 1.51. The maximum Gasteiger partial charge on any atom is 0.201 e. The summed E-state index contributed by atoms with van der Waals surface area (Å²) in [5.41, 5.74) is 2.55. The standard InChI is InChI=1S/C14H13N5O2/c1-7-17-18-14-13-9(6-15-19(7)14)8-4-11(20-2)12(21-3)5-10(8)16-13/h4-6,16H,1-3H3. The smallest absolute Gasteiger partial charge is 0.201 e. The van der Waals surface area contributed by atoms with Gasteiger partial charge in [-0.05, 0) is 13.0 Å². The Balaban J connectivity index is 2.16. The Bertz CT molecular complexity index is 985. The second-order valence-electron chi connectivity index (χ2n) is 4.79. The van der Waals surface area contributed by atoms with Crippen molar-refractivity contribution in [2.45, 2.75) is 6.92 Å². The lowest BCUT2D eigenvalue weighted by Crippen LogP contribution is -1.93. The van der Waals surface area contributed by atoms with Gasteiger partial charge in [0.15, 0.2) is 17.3 Å². The van der Waals surface area contributed by atoms with E-state index in [2.05, 4.69) is 20.3 Å². The van der Waals surface area contributed by atoms with Crippen molar-refractivity contribution in [3.63, 3.8) is 0 Å². The third-order valence-corrected chi connectivity index (χ3v) is 3.67. The van der Waals surface area contributed by atoms with Crippen LogP contribution in [-0.4, -0.2) is 39.0 Å². The summed E-state index contributed by atoms with van der Waals surface area (Å²) in [5.74, 6) is 2.11. The minimum absolute atomic E-state index is 0.679. The van der Waals surface area contributed by atoms with Crippen LogP contribution in [0.4, 0.5) is 0 Å². The van der Waals surface area contributed by atoms with E-state index in [1.54, 1.807) is 18.7 Å². The number of aryl methyl sites for hydroxylation is 1. The Labute approximate surface area is 119 Å². The Morgan fingerprint density at radius 3 is 2.57 bits per heavy atom. The summed E-state index contributed by atoms with van der Waals surface area (Å²) in [5, 5.41) is 14.6. The molecule has 3 aromatic heterocycles. The summed E-state index contributed by atoms with van der Waals surface area (Å²) in [7, 11) is 3.24. The number of hydrogen-bond donors (Lipinski definition) is 1. The van der Waals surface area contributed by atoms with Gasteiger partial charge in [0.1, 0.15) is 0 Å². The number of fused-ring (bicyclic) bond motifs is 5. The molecule has 0 bridgehead atoms. The van der Waals surface area contributed by atoms with E-state index in [1.807, 2.05) is 25.3 Å². The molecule has 0 amide bonds. The lowest BCUT2D eigenvalue weighted by atomic mass is 10.2. The summed E-state index contributed by atoms with van der Waals surface area (Å²) in [6.45, 7) is 1.87. The van der Waals surface area contributed by atoms with Crippen molar-refractivity contribution in [1.82, 2.24) is 24.8 Å². The molecule has 21 heavy (non-hydrogen) atoms. The monoisotopic (exact) mass is 283 g/mol. The maximum atomic E-state index is 5.36. The molecule has 0 aliphatic carbocycles. The van der Waals surface area contributed by atoms with Crippen LogP contribution in [0.15, 0.2) is 18.3 Å². The number of nitrogens with zero attached hydrogens (tertiary/aromatic N) is 4. The number of methoxy groups -OCH3 is 2. The Kier molecular flexibility index (Phi) is 2.32. The van der Waals surface area contributed by atoms with E-state index in [0.29, 0.717) is 17.1 Å². The molecule has 0 unspecified atom stereocenters. The molecule has 0 fully saturated rings. The highest BCUT2D eigenvalue weighted by molar-refractivity contribution is 6.11. The lowest BCUT2D eigenvalue weighted by Gasteiger charge is -2.06. The predicted octanol–water partition coefficient (Wildman–Crippen LogP) is 2.08. The van der Waals surface area contributed by atoms with Crippen LogP contribution in [0, 0.1) is 6.92 Å². The van der Waals surface area contributed by atoms with Crippen molar-refractivity contribution in [1.29, 1.82) is 0 Å². The summed E-state index contributed by atoms with van der Waals surface area (Å²) in [6, 6.07) is 3.85. The average Bonchev–Trinajstić information content (AvgIpc) is 3.06. The first kappa shape index (κ1) is 12.0. The largest absolute Gasteiger partial charge is 0.493 e. The second kappa shape index (κ2) is 4.08. The molecule has 0 aliphatic rings. The lowest BCUT2D eigenvalue weighted by molar-refractivity contribution is 0.356. The molecule has 0 atom stereocenters. The van der Waals surface area contributed by atoms with Gasteiger partial charge in [-0.2, -0.15) is 9.61 Å². The summed E-state index contributed by atoms with van der Waals surface area (Å²) in [6.07, 6.45) is 1.81. The van der Waals surface area contributed by atoms with Gasteiger partial charge in [0, 0.05) is 16.8 Å². The minimum atomic E-state index is 0.679. The van der Waals surface area contributed by atoms with Crippen LogP contribution >= 0.6 is 0 Å². The SMILES string of the molecule is COc1cc2[nH]c3c(cnn4c(C)nnc34)c2cc1OC. The van der Waals surface area contributed by atoms with E-state index in [1.165, 1.54) is 0 Å². The molecule has 4 aromatic rings. The van der Waals surface area contributed by atoms with Gasteiger partial charge >= 0.3 is 0 Å². The molecule has 0 saturated carbocycles. The first-order chi connectivity index (χ1) is 10.2. The number of nitrogens with one attached hydrogen (secondary N) is 1. The van der Waals surface area contributed by atoms with Crippen molar-refractivity contribution in [2.75, 3.05) is 14.2 Å². The van der Waals surface area contributed by atoms with E-state index >= 15 is 0 Å². The van der Waals surface area contributed by atoms with E-state index in [0.717, 1.165) is 27.6 Å². The van der Waals surface area contributed by atoms with Crippen LogP contribution < -0.4 is 9.47 Å². The number of rotatable bonds is 2. The first-order valence-corrected chi connectivity index (χ1v) is 6.47. The Morgan fingerprint density at radius 1 is 1.05 bits per heavy atom. The predicted molar refractivity (Wildman–Crippen MR) is 78.0 cm³/mol. The first-order valence-electron chi connectivity index (χ1n) is 6.47. The van der Waals surface area contributed by atoms with Crippen LogP contribution in [0.3, 0.4) is 0 Å². The third-order valence-electron chi connectivity index (χ3n) is 3.67. The van der Waals surface area contributed by atoms with E-state index < -0.39 is 0 Å². The normalized spacial score (nSPS) is 11.6. The van der Waals surface area contributed by atoms with Crippen molar-refractivity contribution in [2.24, 2.45) is 0 Å². The zero-order chi connectivity index (χ0) is 14.6. The topological polar surface area (TPSA) is 77.3 Å². The number of aromatic amines is 1. The van der Waals surface area contributed by atoms with E-state index in [4.69, 9.17) is 9.47 Å². The number of H-pyrrole nitrogens is 1. The van der Waals surface area contributed by atoms with Crippen LogP contribution in [0.2, 0.25) is 0 Å². The van der Waals surface area contributed by atoms with Crippen LogP contribution in [0.1, 0.15) is 5.82 Å². The van der Waals surface area contributed by atoms with E-state index in [-0.39, 0.29) is 0 Å². The van der Waals surface area contributed by atoms with Crippen LogP contribution in [0.5, 0.6) is 11.5 Å². The van der Waals surface area contributed by atoms with Crippen LogP contribution in [0.25, 0.3) is 27.5 Å². The molecule has 0 saturated heterocycles. The molecule has 7 heteroatoms. The molecule has 0 spiro atoms. The molecule has 7 nitrogen and oxygen atoms in total. The van der Waals surface area contributed by atoms with Gasteiger partial charge in [0.25, 0.3) is 0 Å². The molecule has 1 aromatic carbocycles. The fraction of sp³-hybridized carbons (Fsp3) is 0.214. The van der Waals surface area contributed by atoms with Gasteiger partial charge in [0.2, 0.25) is 5.65 Å². The van der Waals surface area contributed by atoms with Gasteiger partial charge in [-0.15, -0.1) is 10.2 Å². The second-order valence-corrected chi connectivity index (χ2v) is 4.79. The Morgan fingerprint density at radius 2 is 1.81 bits per heavy atom. The molecule has 3 heterocycles. The Hall–Kier alpha value is -2.83. The van der Waals surface area contributed by atoms with Crippen LogP contribution in [-0.2, 0) is 0 Å². The number of ether oxygens (including phenoxy) is 2. The number of hydrogen-bond acceptors (Lipinski definition) is 5. The van der Waals surface area contributed by atoms with E-state index in [9.17, 15) is 0 Å². The molecule has 1 N–H and O–H groups in total. The fourth-order valence-electron chi connectivity index (χ4n) is 2.62. The minimum Gasteiger partial charge on any atom is -0.493 e. The highest BCUT2D eigenvalue weighted by Gasteiger charge is 2.15.